The SMILES string of the molecule is CC(C)(C)OC(=O)N1CCC[C@@H](O)C1.c1ccc(P(c2ccccc2)c2ccccc2)cc1. The van der Waals surface area contributed by atoms with Crippen molar-refractivity contribution in [2.45, 2.75) is 45.3 Å². The maximum Gasteiger partial charge on any atom is 0.410 e. The van der Waals surface area contributed by atoms with Gasteiger partial charge in [0.2, 0.25) is 0 Å². The molecule has 174 valence electrons. The van der Waals surface area contributed by atoms with Gasteiger partial charge in [0.1, 0.15) is 5.60 Å². The molecule has 1 fully saturated rings. The highest BCUT2D eigenvalue weighted by Crippen LogP contribution is 2.32. The molecule has 1 atom stereocenters. The molecule has 4 rings (SSSR count). The summed E-state index contributed by atoms with van der Waals surface area (Å²) in [5, 5.41) is 13.6. The number of piperidine rings is 1. The van der Waals surface area contributed by atoms with Crippen LogP contribution < -0.4 is 15.9 Å². The smallest absolute Gasteiger partial charge is 0.410 e. The van der Waals surface area contributed by atoms with E-state index >= 15 is 0 Å². The number of benzene rings is 3. The Bertz CT molecular complexity index is 880. The molecule has 1 N–H and O–H groups in total. The van der Waals surface area contributed by atoms with Crippen LogP contribution in [0.15, 0.2) is 91.0 Å². The number of aliphatic hydroxyl groups is 1. The van der Waals surface area contributed by atoms with Gasteiger partial charge in [-0.3, -0.25) is 0 Å². The lowest BCUT2D eigenvalue weighted by Gasteiger charge is -2.32. The maximum absolute atomic E-state index is 11.6. The number of β-amino-alcohol motifs (C(OH)–C–C–N with tert-alkyl or cyclic N) is 1. The van der Waals surface area contributed by atoms with Crippen molar-refractivity contribution in [3.63, 3.8) is 0 Å². The van der Waals surface area contributed by atoms with Gasteiger partial charge in [-0.05, 0) is 57.4 Å². The minimum absolute atomic E-state index is 0.323. The predicted molar refractivity (Wildman–Crippen MR) is 138 cm³/mol. The van der Waals surface area contributed by atoms with E-state index in [9.17, 15) is 9.90 Å². The Labute approximate surface area is 199 Å². The third-order valence-corrected chi connectivity index (χ3v) is 7.54. The fourth-order valence-corrected chi connectivity index (χ4v) is 5.93. The van der Waals surface area contributed by atoms with Gasteiger partial charge in [0.25, 0.3) is 0 Å². The molecular formula is C28H34NO3P. The van der Waals surface area contributed by atoms with Crippen LogP contribution in [0.3, 0.4) is 0 Å². The van der Waals surface area contributed by atoms with Crippen molar-refractivity contribution in [1.29, 1.82) is 0 Å². The van der Waals surface area contributed by atoms with Crippen LogP contribution in [-0.2, 0) is 4.74 Å². The van der Waals surface area contributed by atoms with Crippen LogP contribution in [0.5, 0.6) is 0 Å². The highest BCUT2D eigenvalue weighted by molar-refractivity contribution is 7.79. The monoisotopic (exact) mass is 463 g/mol. The summed E-state index contributed by atoms with van der Waals surface area (Å²) in [6.45, 7) is 6.60. The summed E-state index contributed by atoms with van der Waals surface area (Å²) in [5.41, 5.74) is -0.459. The maximum atomic E-state index is 11.6. The number of hydrogen-bond acceptors (Lipinski definition) is 3. The third-order valence-electron chi connectivity index (χ3n) is 5.09. The van der Waals surface area contributed by atoms with Crippen LogP contribution in [-0.4, -0.2) is 40.9 Å². The van der Waals surface area contributed by atoms with Gasteiger partial charge in [-0.25, -0.2) is 4.79 Å². The highest BCUT2D eigenvalue weighted by atomic mass is 31.1. The molecular weight excluding hydrogens is 429 g/mol. The number of carbonyl (C=O) groups excluding carboxylic acids is 1. The number of hydrogen-bond donors (Lipinski definition) is 1. The van der Waals surface area contributed by atoms with E-state index < -0.39 is 19.6 Å². The van der Waals surface area contributed by atoms with Crippen LogP contribution in [0.2, 0.25) is 0 Å². The normalized spacial score (nSPS) is 16.0. The molecule has 3 aromatic carbocycles. The van der Waals surface area contributed by atoms with Gasteiger partial charge in [-0.2, -0.15) is 0 Å². The molecule has 4 nitrogen and oxygen atoms in total. The first-order chi connectivity index (χ1) is 15.8. The van der Waals surface area contributed by atoms with Gasteiger partial charge in [0.15, 0.2) is 0 Å². The molecule has 0 bridgehead atoms. The number of ether oxygens (including phenoxy) is 1. The Balaban J connectivity index is 0.000000196. The Morgan fingerprint density at radius 3 is 1.64 bits per heavy atom. The first-order valence-corrected chi connectivity index (χ1v) is 12.8. The molecule has 0 radical (unpaired) electrons. The summed E-state index contributed by atoms with van der Waals surface area (Å²) in [7, 11) is -0.446. The molecule has 5 heteroatoms. The number of amides is 1. The van der Waals surface area contributed by atoms with E-state index in [0.29, 0.717) is 13.1 Å². The zero-order valence-electron chi connectivity index (χ0n) is 19.7. The summed E-state index contributed by atoms with van der Waals surface area (Å²) in [6, 6.07) is 32.3. The van der Waals surface area contributed by atoms with Crippen molar-refractivity contribution >= 4 is 29.9 Å². The molecule has 3 aromatic rings. The van der Waals surface area contributed by atoms with Crippen molar-refractivity contribution in [1.82, 2.24) is 4.90 Å². The molecule has 1 heterocycles. The predicted octanol–water partition coefficient (Wildman–Crippen LogP) is 4.82. The zero-order chi connectivity index (χ0) is 23.7. The summed E-state index contributed by atoms with van der Waals surface area (Å²) >= 11 is 0. The van der Waals surface area contributed by atoms with E-state index in [0.717, 1.165) is 12.8 Å². The van der Waals surface area contributed by atoms with Crippen molar-refractivity contribution < 1.29 is 14.6 Å². The lowest BCUT2D eigenvalue weighted by atomic mass is 10.1. The molecule has 1 aliphatic heterocycles. The molecule has 0 unspecified atom stereocenters. The molecule has 0 spiro atoms. The van der Waals surface area contributed by atoms with E-state index in [1.165, 1.54) is 15.9 Å². The first-order valence-electron chi connectivity index (χ1n) is 11.4. The molecule has 1 aliphatic rings. The summed E-state index contributed by atoms with van der Waals surface area (Å²) < 4.78 is 5.20. The summed E-state index contributed by atoms with van der Waals surface area (Å²) in [6.07, 6.45) is 0.909. The second-order valence-electron chi connectivity index (χ2n) is 9.06. The first kappa shape index (κ1) is 25.0. The van der Waals surface area contributed by atoms with Gasteiger partial charge in [-0.15, -0.1) is 0 Å². The molecule has 33 heavy (non-hydrogen) atoms. The standard InChI is InChI=1S/C18H15P.C10H19NO3/c1-4-10-16(11-5-1)19(17-12-6-2-7-13-17)18-14-8-3-9-15-18;1-10(2,3)14-9(13)11-6-4-5-8(12)7-11/h1-15H;8,12H,4-7H2,1-3H3/t;8-/m.1/s1. The number of nitrogens with zero attached hydrogens (tertiary/aromatic N) is 1. The van der Waals surface area contributed by atoms with Crippen molar-refractivity contribution in [3.05, 3.63) is 91.0 Å². The Morgan fingerprint density at radius 1 is 0.848 bits per heavy atom. The van der Waals surface area contributed by atoms with Crippen molar-refractivity contribution in [2.24, 2.45) is 0 Å². The fourth-order valence-electron chi connectivity index (χ4n) is 3.63. The van der Waals surface area contributed by atoms with E-state index in [4.69, 9.17) is 4.74 Å². The third kappa shape index (κ3) is 7.99. The summed E-state index contributed by atoms with van der Waals surface area (Å²) in [5.74, 6) is 0. The van der Waals surface area contributed by atoms with E-state index in [-0.39, 0.29) is 6.09 Å². The van der Waals surface area contributed by atoms with Gasteiger partial charge in [0, 0.05) is 13.1 Å². The average molecular weight is 464 g/mol. The minimum atomic E-state index is -0.459. The van der Waals surface area contributed by atoms with Crippen LogP contribution in [0.25, 0.3) is 0 Å². The van der Waals surface area contributed by atoms with Crippen LogP contribution in [0.4, 0.5) is 4.79 Å². The van der Waals surface area contributed by atoms with E-state index in [1.807, 2.05) is 20.8 Å². The topological polar surface area (TPSA) is 49.8 Å². The Hall–Kier alpha value is -2.68. The molecule has 0 aliphatic carbocycles. The lowest BCUT2D eigenvalue weighted by molar-refractivity contribution is 0.00391. The van der Waals surface area contributed by atoms with Crippen molar-refractivity contribution in [3.8, 4) is 0 Å². The minimum Gasteiger partial charge on any atom is -0.444 e. The van der Waals surface area contributed by atoms with Crippen LogP contribution in [0, 0.1) is 0 Å². The largest absolute Gasteiger partial charge is 0.444 e. The second-order valence-corrected chi connectivity index (χ2v) is 11.3. The second kappa shape index (κ2) is 12.0. The molecule has 1 saturated heterocycles. The Kier molecular flexibility index (Phi) is 9.05. The fraction of sp³-hybridized carbons (Fsp3) is 0.321. The van der Waals surface area contributed by atoms with Gasteiger partial charge < -0.3 is 14.7 Å². The van der Waals surface area contributed by atoms with Gasteiger partial charge in [0.05, 0.1) is 6.10 Å². The Morgan fingerprint density at radius 2 is 1.27 bits per heavy atom. The number of aliphatic hydroxyl groups excluding tert-OH is 1. The summed E-state index contributed by atoms with van der Waals surface area (Å²) in [4.78, 5) is 13.1. The van der Waals surface area contributed by atoms with Gasteiger partial charge in [-0.1, -0.05) is 91.0 Å². The zero-order valence-corrected chi connectivity index (χ0v) is 20.6. The average Bonchev–Trinajstić information content (AvgIpc) is 2.81. The van der Waals surface area contributed by atoms with E-state index in [2.05, 4.69) is 91.0 Å². The molecule has 0 saturated carbocycles. The van der Waals surface area contributed by atoms with Gasteiger partial charge >= 0.3 is 6.09 Å². The van der Waals surface area contributed by atoms with Crippen LogP contribution >= 0.6 is 7.92 Å². The highest BCUT2D eigenvalue weighted by Gasteiger charge is 2.26. The number of carbonyl (C=O) groups is 1. The number of likely N-dealkylation sites (tertiary alicyclic amines) is 1. The quantitative estimate of drug-likeness (QED) is 0.567. The van der Waals surface area contributed by atoms with E-state index in [1.54, 1.807) is 4.90 Å². The van der Waals surface area contributed by atoms with Crippen molar-refractivity contribution in [2.75, 3.05) is 13.1 Å². The van der Waals surface area contributed by atoms with Crippen LogP contribution in [0.1, 0.15) is 33.6 Å². The molecule has 0 aromatic heterocycles. The molecule has 1 amide bonds. The lowest BCUT2D eigenvalue weighted by Crippen LogP contribution is -2.44. The number of rotatable bonds is 3.